The number of aromatic nitrogens is 3. The van der Waals surface area contributed by atoms with Crippen molar-refractivity contribution in [3.8, 4) is 5.75 Å². The zero-order chi connectivity index (χ0) is 21.1. The van der Waals surface area contributed by atoms with Crippen LogP contribution in [0, 0.1) is 0 Å². The molecule has 30 heavy (non-hydrogen) atoms. The highest BCUT2D eigenvalue weighted by Gasteiger charge is 2.48. The fourth-order valence-electron chi connectivity index (χ4n) is 3.39. The van der Waals surface area contributed by atoms with Gasteiger partial charge in [-0.05, 0) is 24.6 Å². The first-order chi connectivity index (χ1) is 14.6. The van der Waals surface area contributed by atoms with E-state index >= 15 is 0 Å². The molecule has 0 unspecified atom stereocenters. The summed E-state index contributed by atoms with van der Waals surface area (Å²) in [6.07, 6.45) is -1.02. The highest BCUT2D eigenvalue weighted by molar-refractivity contribution is 8.14. The number of aliphatic imine (C=N–C) groups is 1. The highest BCUT2D eigenvalue weighted by Crippen LogP contribution is 2.36. The van der Waals surface area contributed by atoms with Crippen molar-refractivity contribution in [1.82, 2.24) is 20.3 Å². The van der Waals surface area contributed by atoms with E-state index in [2.05, 4.69) is 20.6 Å². The molecule has 11 heteroatoms. The number of aliphatic hydroxyl groups is 3. The van der Waals surface area contributed by atoms with Crippen LogP contribution < -0.4 is 10.1 Å². The molecule has 1 fully saturated rings. The zero-order valence-corrected chi connectivity index (χ0v) is 17.3. The van der Waals surface area contributed by atoms with E-state index in [1.807, 2.05) is 19.1 Å². The largest absolute Gasteiger partial charge is 0.487 e. The molecule has 2 aliphatic rings. The van der Waals surface area contributed by atoms with E-state index in [1.54, 1.807) is 23.0 Å². The van der Waals surface area contributed by atoms with Crippen molar-refractivity contribution in [3.05, 3.63) is 41.7 Å². The Morgan fingerprint density at radius 2 is 2.17 bits per heavy atom. The summed E-state index contributed by atoms with van der Waals surface area (Å²) in [4.78, 5) is 4.41. The van der Waals surface area contributed by atoms with Crippen LogP contribution in [0.3, 0.4) is 0 Å². The van der Waals surface area contributed by atoms with E-state index in [1.165, 1.54) is 11.8 Å². The van der Waals surface area contributed by atoms with Gasteiger partial charge in [-0.1, -0.05) is 29.1 Å². The van der Waals surface area contributed by atoms with Gasteiger partial charge < -0.3 is 30.1 Å². The summed E-state index contributed by atoms with van der Waals surface area (Å²) >= 11 is 1.42. The Balaban J connectivity index is 1.34. The van der Waals surface area contributed by atoms with E-state index in [0.717, 1.165) is 12.1 Å². The van der Waals surface area contributed by atoms with Crippen LogP contribution >= 0.6 is 11.8 Å². The predicted octanol–water partition coefficient (Wildman–Crippen LogP) is -0.123. The lowest BCUT2D eigenvalue weighted by Gasteiger charge is -2.38. The Morgan fingerprint density at radius 1 is 1.30 bits per heavy atom. The molecule has 2 aromatic rings. The van der Waals surface area contributed by atoms with Crippen molar-refractivity contribution in [2.45, 2.75) is 56.5 Å². The third kappa shape index (κ3) is 4.60. The fraction of sp³-hybridized carbons (Fsp3) is 0.526. The molecule has 0 saturated carbocycles. The quantitative estimate of drug-likeness (QED) is 0.469. The average molecular weight is 436 g/mol. The summed E-state index contributed by atoms with van der Waals surface area (Å²) in [6.45, 7) is 3.10. The van der Waals surface area contributed by atoms with E-state index in [-0.39, 0.29) is 25.2 Å². The number of ether oxygens (including phenoxy) is 2. The number of thioether (sulfide) groups is 1. The molecule has 10 nitrogen and oxygen atoms in total. The topological polar surface area (TPSA) is 134 Å². The number of benzene rings is 1. The lowest BCUT2D eigenvalue weighted by atomic mass is 9.98. The van der Waals surface area contributed by atoms with Crippen molar-refractivity contribution < 1.29 is 24.8 Å². The smallest absolute Gasteiger partial charge is 0.159 e. The summed E-state index contributed by atoms with van der Waals surface area (Å²) in [5, 5.41) is 42.2. The molecule has 0 aliphatic carbocycles. The van der Waals surface area contributed by atoms with Gasteiger partial charge in [0.1, 0.15) is 47.8 Å². The molecule has 0 amide bonds. The molecule has 2 aliphatic heterocycles. The second kappa shape index (κ2) is 9.31. The Bertz CT molecular complexity index is 894. The first-order valence-corrected chi connectivity index (χ1v) is 10.7. The lowest BCUT2D eigenvalue weighted by Crippen LogP contribution is -2.55. The van der Waals surface area contributed by atoms with Crippen LogP contribution in [0.15, 0.2) is 35.5 Å². The molecule has 162 valence electrons. The van der Waals surface area contributed by atoms with Gasteiger partial charge >= 0.3 is 0 Å². The minimum atomic E-state index is -1.08. The van der Waals surface area contributed by atoms with Crippen molar-refractivity contribution in [2.75, 3.05) is 6.54 Å². The number of amidine groups is 1. The summed E-state index contributed by atoms with van der Waals surface area (Å²) in [5.41, 5.74) is 1.02. The second-order valence-electron chi connectivity index (χ2n) is 7.12. The van der Waals surface area contributed by atoms with Gasteiger partial charge in [0.05, 0.1) is 19.3 Å². The van der Waals surface area contributed by atoms with Crippen molar-refractivity contribution >= 4 is 16.9 Å². The standard InChI is InChI=1S/C19H25N5O5S/c1-2-20-19-21-15-17(27)16(26)14(29-18(15)30-19)8-24-7-12(22-23-24)10-28-13-5-3-4-11(6-13)9-25/h3-7,14-18,25-27H,2,8-10H2,1H3,(H,20,21)/t14-,15-,16-,17-,18-/m1/s1. The number of hydrogen-bond donors (Lipinski definition) is 4. The van der Waals surface area contributed by atoms with Gasteiger partial charge in [-0.15, -0.1) is 5.10 Å². The molecule has 0 bridgehead atoms. The molecule has 4 rings (SSSR count). The molecule has 1 aromatic carbocycles. The molecule has 5 atom stereocenters. The summed E-state index contributed by atoms with van der Waals surface area (Å²) in [6, 6.07) is 6.69. The van der Waals surface area contributed by atoms with Crippen LogP contribution in [-0.4, -0.2) is 71.8 Å². The van der Waals surface area contributed by atoms with Gasteiger partial charge in [0.2, 0.25) is 0 Å². The number of rotatable bonds is 7. The average Bonchev–Trinajstić information content (AvgIpc) is 3.37. The minimum absolute atomic E-state index is 0.0515. The molecule has 0 spiro atoms. The van der Waals surface area contributed by atoms with Crippen molar-refractivity contribution in [2.24, 2.45) is 4.99 Å². The van der Waals surface area contributed by atoms with E-state index in [9.17, 15) is 15.3 Å². The van der Waals surface area contributed by atoms with Gasteiger partial charge in [0.15, 0.2) is 5.17 Å². The maximum Gasteiger partial charge on any atom is 0.159 e. The van der Waals surface area contributed by atoms with E-state index in [4.69, 9.17) is 9.47 Å². The first kappa shape index (κ1) is 21.1. The SMILES string of the molecule is CCNC1=N[C@@H]2[C@@H](O)[C@H](O)[C@@H](Cn3cc(COc4cccc(CO)c4)nn3)O[C@@H]2S1. The maximum absolute atomic E-state index is 10.5. The molecular weight excluding hydrogens is 410 g/mol. The number of nitrogens with one attached hydrogen (secondary N) is 1. The Morgan fingerprint density at radius 3 is 2.97 bits per heavy atom. The third-order valence-electron chi connectivity index (χ3n) is 4.91. The van der Waals surface area contributed by atoms with Gasteiger partial charge in [-0.25, -0.2) is 4.68 Å². The zero-order valence-electron chi connectivity index (χ0n) is 16.5. The third-order valence-corrected chi connectivity index (χ3v) is 6.01. The van der Waals surface area contributed by atoms with Crippen LogP contribution in [0.5, 0.6) is 5.75 Å². The fourth-order valence-corrected chi connectivity index (χ4v) is 4.58. The van der Waals surface area contributed by atoms with Crippen molar-refractivity contribution in [3.63, 3.8) is 0 Å². The normalized spacial score (nSPS) is 28.1. The van der Waals surface area contributed by atoms with Crippen LogP contribution in [-0.2, 0) is 24.5 Å². The number of nitrogens with zero attached hydrogens (tertiary/aromatic N) is 4. The lowest BCUT2D eigenvalue weighted by molar-refractivity contribution is -0.157. The maximum atomic E-state index is 10.5. The Hall–Kier alpha value is -2.18. The van der Waals surface area contributed by atoms with Crippen LogP contribution in [0.4, 0.5) is 0 Å². The molecule has 3 heterocycles. The number of aliphatic hydroxyl groups excluding tert-OH is 3. The summed E-state index contributed by atoms with van der Waals surface area (Å²) < 4.78 is 13.3. The summed E-state index contributed by atoms with van der Waals surface area (Å²) in [7, 11) is 0. The monoisotopic (exact) mass is 435 g/mol. The van der Waals surface area contributed by atoms with Gasteiger partial charge in [0, 0.05) is 6.54 Å². The Kier molecular flexibility index (Phi) is 6.54. The molecule has 0 radical (unpaired) electrons. The van der Waals surface area contributed by atoms with E-state index < -0.39 is 24.4 Å². The second-order valence-corrected chi connectivity index (χ2v) is 8.21. The van der Waals surface area contributed by atoms with E-state index in [0.29, 0.717) is 16.6 Å². The molecule has 1 aromatic heterocycles. The molecule has 1 saturated heterocycles. The molecular formula is C19H25N5O5S. The van der Waals surface area contributed by atoms with Gasteiger partial charge in [-0.3, -0.25) is 4.99 Å². The van der Waals surface area contributed by atoms with Gasteiger partial charge in [0.25, 0.3) is 0 Å². The number of fused-ring (bicyclic) bond motifs is 1. The van der Waals surface area contributed by atoms with Gasteiger partial charge in [-0.2, -0.15) is 0 Å². The molecule has 4 N–H and O–H groups in total. The first-order valence-electron chi connectivity index (χ1n) is 9.79. The minimum Gasteiger partial charge on any atom is -0.487 e. The summed E-state index contributed by atoms with van der Waals surface area (Å²) in [5.74, 6) is 0.631. The predicted molar refractivity (Wildman–Crippen MR) is 110 cm³/mol. The van der Waals surface area contributed by atoms with Crippen LogP contribution in [0.1, 0.15) is 18.2 Å². The highest BCUT2D eigenvalue weighted by atomic mass is 32.2. The Labute approximate surface area is 177 Å². The van der Waals surface area contributed by atoms with Crippen molar-refractivity contribution in [1.29, 1.82) is 0 Å². The van der Waals surface area contributed by atoms with Crippen LogP contribution in [0.25, 0.3) is 0 Å². The number of hydrogen-bond acceptors (Lipinski definition) is 10. The van der Waals surface area contributed by atoms with Crippen LogP contribution in [0.2, 0.25) is 0 Å².